The van der Waals surface area contributed by atoms with Gasteiger partial charge in [-0.25, -0.2) is 0 Å². The van der Waals surface area contributed by atoms with Crippen LogP contribution in [0.2, 0.25) is 0 Å². The van der Waals surface area contributed by atoms with E-state index in [4.69, 9.17) is 4.74 Å². The van der Waals surface area contributed by atoms with Gasteiger partial charge in [0.15, 0.2) is 0 Å². The van der Waals surface area contributed by atoms with E-state index in [0.29, 0.717) is 32.8 Å². The van der Waals surface area contributed by atoms with Crippen LogP contribution in [0.1, 0.15) is 6.92 Å². The number of esters is 1. The van der Waals surface area contributed by atoms with Crippen molar-refractivity contribution in [1.82, 2.24) is 9.80 Å². The van der Waals surface area contributed by atoms with Crippen molar-refractivity contribution in [3.05, 3.63) is 0 Å². The lowest BCUT2D eigenvalue weighted by Gasteiger charge is -2.29. The van der Waals surface area contributed by atoms with Crippen LogP contribution >= 0.6 is 0 Å². The van der Waals surface area contributed by atoms with Crippen LogP contribution in [0, 0.1) is 0 Å². The largest absolute Gasteiger partial charge is 0.468 e. The molecule has 1 aliphatic rings. The molecule has 0 aromatic rings. The number of likely N-dealkylation sites (N-methyl/N-ethyl adjacent to an activating group) is 1. The van der Waals surface area contributed by atoms with E-state index in [2.05, 4.69) is 4.74 Å². The van der Waals surface area contributed by atoms with Crippen molar-refractivity contribution in [3.8, 4) is 0 Å². The molecular weight excluding hydrogens is 224 g/mol. The smallest absolute Gasteiger partial charge is 0.319 e. The predicted molar refractivity (Wildman–Crippen MR) is 61.5 cm³/mol. The van der Waals surface area contributed by atoms with E-state index >= 15 is 0 Å². The van der Waals surface area contributed by atoms with Crippen molar-refractivity contribution >= 4 is 11.9 Å². The second-order valence-corrected chi connectivity index (χ2v) is 3.87. The van der Waals surface area contributed by atoms with Crippen molar-refractivity contribution < 1.29 is 19.1 Å². The van der Waals surface area contributed by atoms with Gasteiger partial charge in [0.1, 0.15) is 0 Å². The first-order chi connectivity index (χ1) is 8.17. The maximum atomic E-state index is 11.9. The van der Waals surface area contributed by atoms with Crippen molar-refractivity contribution in [2.75, 3.05) is 53.0 Å². The Balaban J connectivity index is 2.38. The van der Waals surface area contributed by atoms with Crippen LogP contribution in [0.15, 0.2) is 0 Å². The molecule has 1 saturated heterocycles. The van der Waals surface area contributed by atoms with E-state index < -0.39 is 0 Å². The first-order valence-electron chi connectivity index (χ1n) is 5.82. The number of rotatable bonds is 5. The third-order valence-electron chi connectivity index (χ3n) is 2.75. The lowest BCUT2D eigenvalue weighted by Crippen LogP contribution is -2.46. The molecule has 1 fully saturated rings. The highest BCUT2D eigenvalue weighted by Crippen LogP contribution is 1.99. The molecule has 6 nitrogen and oxygen atoms in total. The van der Waals surface area contributed by atoms with Crippen molar-refractivity contribution in [3.63, 3.8) is 0 Å². The summed E-state index contributed by atoms with van der Waals surface area (Å²) in [4.78, 5) is 26.6. The summed E-state index contributed by atoms with van der Waals surface area (Å²) >= 11 is 0. The van der Waals surface area contributed by atoms with Crippen LogP contribution in [-0.4, -0.2) is 74.7 Å². The molecule has 1 rings (SSSR count). The average Bonchev–Trinajstić information content (AvgIpc) is 2.38. The number of hydrogen-bond donors (Lipinski definition) is 0. The van der Waals surface area contributed by atoms with Gasteiger partial charge in [0.25, 0.3) is 0 Å². The van der Waals surface area contributed by atoms with E-state index in [0.717, 1.165) is 0 Å². The normalized spacial score (nSPS) is 16.1. The third kappa shape index (κ3) is 4.70. The molecule has 0 bridgehead atoms. The quantitative estimate of drug-likeness (QED) is 0.601. The Morgan fingerprint density at radius 1 is 1.29 bits per heavy atom. The highest BCUT2D eigenvalue weighted by atomic mass is 16.5. The number of nitrogens with zero attached hydrogens (tertiary/aromatic N) is 2. The zero-order chi connectivity index (χ0) is 12.7. The highest BCUT2D eigenvalue weighted by molar-refractivity contribution is 5.79. The monoisotopic (exact) mass is 244 g/mol. The van der Waals surface area contributed by atoms with Crippen LogP contribution in [0.5, 0.6) is 0 Å². The molecule has 1 aliphatic heterocycles. The Morgan fingerprint density at radius 2 is 1.94 bits per heavy atom. The molecule has 0 N–H and O–H groups in total. The minimum absolute atomic E-state index is 0.0408. The van der Waals surface area contributed by atoms with Crippen molar-refractivity contribution in [2.24, 2.45) is 0 Å². The number of carbonyl (C=O) groups is 2. The van der Waals surface area contributed by atoms with Gasteiger partial charge in [-0.3, -0.25) is 14.5 Å². The zero-order valence-corrected chi connectivity index (χ0v) is 10.5. The molecule has 0 radical (unpaired) electrons. The first kappa shape index (κ1) is 13.9. The topological polar surface area (TPSA) is 59.1 Å². The summed E-state index contributed by atoms with van der Waals surface area (Å²) < 4.78 is 9.77. The SMILES string of the molecule is CCN(CC(=O)OC)CC(=O)N1CCOCC1. The van der Waals surface area contributed by atoms with Gasteiger partial charge in [-0.2, -0.15) is 0 Å². The average molecular weight is 244 g/mol. The fourth-order valence-electron chi connectivity index (χ4n) is 1.63. The van der Waals surface area contributed by atoms with Gasteiger partial charge in [-0.1, -0.05) is 6.92 Å². The summed E-state index contributed by atoms with van der Waals surface area (Å²) in [5, 5.41) is 0. The molecule has 98 valence electrons. The van der Waals surface area contributed by atoms with Gasteiger partial charge >= 0.3 is 5.97 Å². The molecule has 1 amide bonds. The molecule has 17 heavy (non-hydrogen) atoms. The maximum Gasteiger partial charge on any atom is 0.319 e. The fraction of sp³-hybridized carbons (Fsp3) is 0.818. The summed E-state index contributed by atoms with van der Waals surface area (Å²) in [7, 11) is 1.35. The van der Waals surface area contributed by atoms with Crippen molar-refractivity contribution in [1.29, 1.82) is 0 Å². The fourth-order valence-corrected chi connectivity index (χ4v) is 1.63. The minimum Gasteiger partial charge on any atom is -0.468 e. The Bertz CT molecular complexity index is 264. The highest BCUT2D eigenvalue weighted by Gasteiger charge is 2.20. The summed E-state index contributed by atoms with van der Waals surface area (Å²) in [5.41, 5.74) is 0. The number of methoxy groups -OCH3 is 1. The van der Waals surface area contributed by atoms with Crippen molar-refractivity contribution in [2.45, 2.75) is 6.92 Å². The van der Waals surface area contributed by atoms with Gasteiger partial charge in [0.05, 0.1) is 33.4 Å². The lowest BCUT2D eigenvalue weighted by molar-refractivity contribution is -0.143. The Hall–Kier alpha value is -1.14. The summed E-state index contributed by atoms with van der Waals surface area (Å²) in [6, 6.07) is 0. The number of hydrogen-bond acceptors (Lipinski definition) is 5. The number of amides is 1. The number of morpholine rings is 1. The van der Waals surface area contributed by atoms with Gasteiger partial charge in [0, 0.05) is 13.1 Å². The Labute approximate surface area is 101 Å². The maximum absolute atomic E-state index is 11.9. The van der Waals surface area contributed by atoms with Crippen LogP contribution < -0.4 is 0 Å². The second kappa shape index (κ2) is 7.24. The van der Waals surface area contributed by atoms with E-state index in [9.17, 15) is 9.59 Å². The molecule has 0 atom stereocenters. The minimum atomic E-state index is -0.318. The van der Waals surface area contributed by atoms with E-state index in [1.165, 1.54) is 7.11 Å². The molecule has 0 unspecified atom stereocenters. The standard InChI is InChI=1S/C11H20N2O4/c1-3-12(9-11(15)16-2)8-10(14)13-4-6-17-7-5-13/h3-9H2,1-2H3. The lowest BCUT2D eigenvalue weighted by atomic mass is 10.3. The summed E-state index contributed by atoms with van der Waals surface area (Å²) in [6.07, 6.45) is 0. The predicted octanol–water partition coefficient (Wildman–Crippen LogP) is -0.660. The molecule has 0 aromatic carbocycles. The number of ether oxygens (including phenoxy) is 2. The molecule has 6 heteroatoms. The van der Waals surface area contributed by atoms with E-state index in [-0.39, 0.29) is 25.0 Å². The number of carbonyl (C=O) groups excluding carboxylic acids is 2. The van der Waals surface area contributed by atoms with Crippen LogP contribution in [0.3, 0.4) is 0 Å². The molecule has 0 saturated carbocycles. The zero-order valence-electron chi connectivity index (χ0n) is 10.5. The summed E-state index contributed by atoms with van der Waals surface area (Å²) in [6.45, 7) is 5.42. The molecule has 0 aliphatic carbocycles. The van der Waals surface area contributed by atoms with E-state index in [1.54, 1.807) is 9.80 Å². The summed E-state index contributed by atoms with van der Waals surface area (Å²) in [5.74, 6) is -0.277. The van der Waals surface area contributed by atoms with Gasteiger partial charge in [-0.05, 0) is 6.54 Å². The Kier molecular flexibility index (Phi) is 5.93. The van der Waals surface area contributed by atoms with Crippen LogP contribution in [-0.2, 0) is 19.1 Å². The molecular formula is C11H20N2O4. The second-order valence-electron chi connectivity index (χ2n) is 3.87. The molecule has 0 aromatic heterocycles. The van der Waals surface area contributed by atoms with Gasteiger partial charge < -0.3 is 14.4 Å². The van der Waals surface area contributed by atoms with Crippen LogP contribution in [0.25, 0.3) is 0 Å². The third-order valence-corrected chi connectivity index (χ3v) is 2.75. The first-order valence-corrected chi connectivity index (χ1v) is 5.82. The Morgan fingerprint density at radius 3 is 2.47 bits per heavy atom. The molecule has 0 spiro atoms. The van der Waals surface area contributed by atoms with Gasteiger partial charge in [0.2, 0.25) is 5.91 Å². The van der Waals surface area contributed by atoms with Crippen LogP contribution in [0.4, 0.5) is 0 Å². The van der Waals surface area contributed by atoms with E-state index in [1.807, 2.05) is 6.92 Å². The molecule has 1 heterocycles. The van der Waals surface area contributed by atoms with Gasteiger partial charge in [-0.15, -0.1) is 0 Å².